The quantitative estimate of drug-likeness (QED) is 0.867. The van der Waals surface area contributed by atoms with Crippen molar-refractivity contribution in [2.24, 2.45) is 11.1 Å². The van der Waals surface area contributed by atoms with E-state index in [9.17, 15) is 4.79 Å². The number of amides is 1. The summed E-state index contributed by atoms with van der Waals surface area (Å²) in [4.78, 5) is 14.8. The van der Waals surface area contributed by atoms with Gasteiger partial charge in [-0.1, -0.05) is 33.1 Å². The summed E-state index contributed by atoms with van der Waals surface area (Å²) in [7, 11) is 1.93. The number of halogens is 1. The molecular weight excluding hydrogens is 288 g/mol. The van der Waals surface area contributed by atoms with Crippen LogP contribution in [0.4, 0.5) is 0 Å². The maximum absolute atomic E-state index is 12.9. The molecule has 0 saturated heterocycles. The van der Waals surface area contributed by atoms with Crippen molar-refractivity contribution in [1.82, 2.24) is 4.90 Å². The number of nitrogens with two attached hydrogens (primary N) is 1. The van der Waals surface area contributed by atoms with E-state index in [4.69, 9.17) is 10.5 Å². The van der Waals surface area contributed by atoms with Gasteiger partial charge in [-0.15, -0.1) is 12.4 Å². The predicted octanol–water partition coefficient (Wildman–Crippen LogP) is 2.73. The van der Waals surface area contributed by atoms with Crippen molar-refractivity contribution in [3.05, 3.63) is 0 Å². The van der Waals surface area contributed by atoms with Crippen molar-refractivity contribution in [3.8, 4) is 0 Å². The molecule has 4 nitrogen and oxygen atoms in total. The number of hydrogen-bond donors (Lipinski definition) is 1. The molecule has 0 aromatic heterocycles. The van der Waals surface area contributed by atoms with Crippen LogP contribution in [0.2, 0.25) is 0 Å². The zero-order chi connectivity index (χ0) is 15.0. The van der Waals surface area contributed by atoms with Crippen LogP contribution >= 0.6 is 12.4 Å². The Balaban J connectivity index is 0.00000220. The van der Waals surface area contributed by atoms with Crippen molar-refractivity contribution in [3.63, 3.8) is 0 Å². The molecule has 2 unspecified atom stereocenters. The highest BCUT2D eigenvalue weighted by Crippen LogP contribution is 2.50. The molecule has 2 aliphatic rings. The highest BCUT2D eigenvalue weighted by molar-refractivity contribution is 5.89. The van der Waals surface area contributed by atoms with Gasteiger partial charge in [0.1, 0.15) is 5.54 Å². The third kappa shape index (κ3) is 3.08. The molecule has 2 fully saturated rings. The average molecular weight is 319 g/mol. The normalized spacial score (nSPS) is 32.0. The van der Waals surface area contributed by atoms with Crippen LogP contribution in [0.1, 0.15) is 59.3 Å². The van der Waals surface area contributed by atoms with E-state index in [-0.39, 0.29) is 29.8 Å². The summed E-state index contributed by atoms with van der Waals surface area (Å²) < 4.78 is 5.71. The van der Waals surface area contributed by atoms with Gasteiger partial charge in [0.2, 0.25) is 5.91 Å². The molecular formula is C16H31ClN2O2. The number of hydrogen-bond acceptors (Lipinski definition) is 3. The van der Waals surface area contributed by atoms with Gasteiger partial charge in [0, 0.05) is 31.5 Å². The van der Waals surface area contributed by atoms with Gasteiger partial charge in [-0.25, -0.2) is 0 Å². The molecule has 2 saturated carbocycles. The first-order valence-electron chi connectivity index (χ1n) is 8.02. The van der Waals surface area contributed by atoms with Gasteiger partial charge in [-0.2, -0.15) is 0 Å². The average Bonchev–Trinajstić information content (AvgIpc) is 2.46. The fourth-order valence-corrected chi connectivity index (χ4v) is 3.75. The molecule has 0 bridgehead atoms. The molecule has 2 N–H and O–H groups in total. The standard InChI is InChI=1S/C16H30N2O2.ClH/c1-5-20-13-11-16(17,15(13,2)3)14(19)18(4)12-9-7-6-8-10-12;/h12-13H,5-11,17H2,1-4H3;1H. The van der Waals surface area contributed by atoms with E-state index >= 15 is 0 Å². The Morgan fingerprint density at radius 2 is 1.86 bits per heavy atom. The van der Waals surface area contributed by atoms with Crippen molar-refractivity contribution >= 4 is 18.3 Å². The first-order valence-corrected chi connectivity index (χ1v) is 8.02. The van der Waals surface area contributed by atoms with E-state index in [1.165, 1.54) is 19.3 Å². The van der Waals surface area contributed by atoms with Crippen LogP contribution in [0.5, 0.6) is 0 Å². The van der Waals surface area contributed by atoms with E-state index in [1.54, 1.807) is 0 Å². The lowest BCUT2D eigenvalue weighted by Crippen LogP contribution is -2.76. The van der Waals surface area contributed by atoms with Gasteiger partial charge in [-0.3, -0.25) is 4.79 Å². The number of carbonyl (C=O) groups is 1. The molecule has 5 heteroatoms. The zero-order valence-corrected chi connectivity index (χ0v) is 14.7. The molecule has 1 amide bonds. The van der Waals surface area contributed by atoms with Gasteiger partial charge >= 0.3 is 0 Å². The molecule has 0 aromatic rings. The monoisotopic (exact) mass is 318 g/mol. The smallest absolute Gasteiger partial charge is 0.243 e. The summed E-state index contributed by atoms with van der Waals surface area (Å²) in [5.41, 5.74) is 5.43. The second-order valence-electron chi connectivity index (χ2n) is 7.05. The molecule has 0 spiro atoms. The van der Waals surface area contributed by atoms with E-state index in [1.807, 2.05) is 18.9 Å². The zero-order valence-electron chi connectivity index (χ0n) is 13.9. The van der Waals surface area contributed by atoms with Crippen molar-refractivity contribution in [2.75, 3.05) is 13.7 Å². The number of rotatable bonds is 4. The highest BCUT2D eigenvalue weighted by Gasteiger charge is 2.63. The van der Waals surface area contributed by atoms with Crippen LogP contribution in [0.3, 0.4) is 0 Å². The molecule has 2 rings (SSSR count). The summed E-state index contributed by atoms with van der Waals surface area (Å²) in [6, 6.07) is 0.374. The third-order valence-electron chi connectivity index (χ3n) is 5.65. The van der Waals surface area contributed by atoms with Crippen molar-refractivity contribution < 1.29 is 9.53 Å². The minimum Gasteiger partial charge on any atom is -0.378 e. The Bertz CT molecular complexity index is 369. The van der Waals surface area contributed by atoms with Crippen LogP contribution in [-0.4, -0.2) is 42.1 Å². The van der Waals surface area contributed by atoms with Crippen LogP contribution in [-0.2, 0) is 9.53 Å². The van der Waals surface area contributed by atoms with Crippen LogP contribution < -0.4 is 5.73 Å². The first-order chi connectivity index (χ1) is 9.34. The second kappa shape index (κ2) is 6.84. The summed E-state index contributed by atoms with van der Waals surface area (Å²) in [5, 5.41) is 0. The van der Waals surface area contributed by atoms with Crippen molar-refractivity contribution in [2.45, 2.75) is 77.0 Å². The van der Waals surface area contributed by atoms with Gasteiger partial charge in [0.05, 0.1) is 6.10 Å². The fraction of sp³-hybridized carbons (Fsp3) is 0.938. The highest BCUT2D eigenvalue weighted by atomic mass is 35.5. The van der Waals surface area contributed by atoms with E-state index in [0.29, 0.717) is 19.1 Å². The summed E-state index contributed by atoms with van der Waals surface area (Å²) in [6.45, 7) is 6.78. The molecule has 2 atom stereocenters. The molecule has 0 aromatic carbocycles. The first kappa shape index (κ1) is 18.7. The molecule has 124 valence electrons. The SMILES string of the molecule is CCOC1CC(N)(C(=O)N(C)C2CCCCC2)C1(C)C.Cl. The van der Waals surface area contributed by atoms with Crippen LogP contribution in [0, 0.1) is 5.41 Å². The van der Waals surface area contributed by atoms with Crippen LogP contribution in [0.15, 0.2) is 0 Å². The molecule has 2 aliphatic carbocycles. The maximum Gasteiger partial charge on any atom is 0.243 e. The van der Waals surface area contributed by atoms with E-state index in [0.717, 1.165) is 12.8 Å². The Labute approximate surface area is 135 Å². The number of nitrogens with zero attached hydrogens (tertiary/aromatic N) is 1. The van der Waals surface area contributed by atoms with Gasteiger partial charge in [0.15, 0.2) is 0 Å². The van der Waals surface area contributed by atoms with Gasteiger partial charge in [-0.05, 0) is 19.8 Å². The topological polar surface area (TPSA) is 55.6 Å². The van der Waals surface area contributed by atoms with E-state index in [2.05, 4.69) is 13.8 Å². The summed E-state index contributed by atoms with van der Waals surface area (Å²) >= 11 is 0. The second-order valence-corrected chi connectivity index (χ2v) is 7.05. The number of carbonyl (C=O) groups excluding carboxylic acids is 1. The Morgan fingerprint density at radius 3 is 2.33 bits per heavy atom. The molecule has 0 radical (unpaired) electrons. The molecule has 0 heterocycles. The summed E-state index contributed by atoms with van der Waals surface area (Å²) in [5.74, 6) is 0.102. The molecule has 0 aliphatic heterocycles. The molecule has 21 heavy (non-hydrogen) atoms. The van der Waals surface area contributed by atoms with Crippen LogP contribution in [0.25, 0.3) is 0 Å². The Morgan fingerprint density at radius 1 is 1.29 bits per heavy atom. The summed E-state index contributed by atoms with van der Waals surface area (Å²) in [6.07, 6.45) is 6.73. The van der Waals surface area contributed by atoms with Crippen molar-refractivity contribution in [1.29, 1.82) is 0 Å². The lowest BCUT2D eigenvalue weighted by atomic mass is 9.54. The predicted molar refractivity (Wildman–Crippen MR) is 87.6 cm³/mol. The Kier molecular flexibility index (Phi) is 6.10. The number of likely N-dealkylation sites (N-methyl/N-ethyl adjacent to an activating group) is 1. The largest absolute Gasteiger partial charge is 0.378 e. The van der Waals surface area contributed by atoms with Gasteiger partial charge in [0.25, 0.3) is 0 Å². The minimum atomic E-state index is -0.765. The lowest BCUT2D eigenvalue weighted by molar-refractivity contribution is -0.180. The maximum atomic E-state index is 12.9. The van der Waals surface area contributed by atoms with E-state index < -0.39 is 5.54 Å². The Hall–Kier alpha value is -0.320. The minimum absolute atomic E-state index is 0. The van der Waals surface area contributed by atoms with Gasteiger partial charge < -0.3 is 15.4 Å². The fourth-order valence-electron chi connectivity index (χ4n) is 3.75. The lowest BCUT2D eigenvalue weighted by Gasteiger charge is -2.59. The number of ether oxygens (including phenoxy) is 1. The third-order valence-corrected chi connectivity index (χ3v) is 5.65.